The molecule has 0 aromatic carbocycles. The molecule has 4 rings (SSSR count). The maximum absolute atomic E-state index is 12.0. The highest BCUT2D eigenvalue weighted by Crippen LogP contribution is 2.51. The number of aryl methyl sites for hydroxylation is 1. The molecule has 1 spiro atoms. The molecule has 0 unspecified atom stereocenters. The number of carbonyl (C=O) groups excluding carboxylic acids is 1. The summed E-state index contributed by atoms with van der Waals surface area (Å²) in [5.74, 6) is 1.94. The number of carbonyl (C=O) groups is 1. The van der Waals surface area contributed by atoms with Gasteiger partial charge in [0.25, 0.3) is 0 Å². The van der Waals surface area contributed by atoms with Gasteiger partial charge in [-0.25, -0.2) is 9.97 Å². The van der Waals surface area contributed by atoms with Crippen molar-refractivity contribution < 1.29 is 4.79 Å². The smallest absolute Gasteiger partial charge is 0.225 e. The van der Waals surface area contributed by atoms with E-state index in [0.29, 0.717) is 17.2 Å². The van der Waals surface area contributed by atoms with Gasteiger partial charge in [-0.3, -0.25) is 4.79 Å². The molecule has 1 saturated carbocycles. The van der Waals surface area contributed by atoms with E-state index in [-0.39, 0.29) is 5.92 Å². The Bertz CT molecular complexity index is 620. The molecule has 5 heteroatoms. The molecule has 0 radical (unpaired) electrons. The number of likely N-dealkylation sites (tertiary alicyclic amines) is 2. The minimum Gasteiger partial charge on any atom is -0.341 e. The Morgan fingerprint density at radius 1 is 1.16 bits per heavy atom. The molecule has 1 aromatic rings. The summed E-state index contributed by atoms with van der Waals surface area (Å²) in [5, 5.41) is 0. The molecule has 5 nitrogen and oxygen atoms in total. The molecule has 3 aliphatic rings. The van der Waals surface area contributed by atoms with Gasteiger partial charge in [0.05, 0.1) is 0 Å². The Morgan fingerprint density at radius 3 is 2.32 bits per heavy atom. The van der Waals surface area contributed by atoms with Gasteiger partial charge in [0.1, 0.15) is 5.82 Å². The fraction of sp³-hybridized carbons (Fsp3) is 0.750. The Balaban J connectivity index is 1.23. The topological polar surface area (TPSA) is 49.3 Å². The monoisotopic (exact) mass is 342 g/mol. The van der Waals surface area contributed by atoms with Crippen LogP contribution in [-0.2, 0) is 4.79 Å². The summed E-state index contributed by atoms with van der Waals surface area (Å²) in [7, 11) is 0. The number of piperidine rings is 1. The highest BCUT2D eigenvalue weighted by molar-refractivity contribution is 5.79. The van der Waals surface area contributed by atoms with Gasteiger partial charge >= 0.3 is 0 Å². The van der Waals surface area contributed by atoms with E-state index < -0.39 is 0 Å². The van der Waals surface area contributed by atoms with Gasteiger partial charge in [-0.15, -0.1) is 0 Å². The summed E-state index contributed by atoms with van der Waals surface area (Å²) in [6, 6.07) is 0.742. The van der Waals surface area contributed by atoms with Crippen LogP contribution >= 0.6 is 0 Å². The second kappa shape index (κ2) is 6.35. The Labute approximate surface area is 150 Å². The van der Waals surface area contributed by atoms with Crippen molar-refractivity contribution in [3.8, 4) is 0 Å². The fourth-order valence-corrected chi connectivity index (χ4v) is 4.95. The summed E-state index contributed by atoms with van der Waals surface area (Å²) in [5.41, 5.74) is 1.76. The molecule has 1 aliphatic carbocycles. The summed E-state index contributed by atoms with van der Waals surface area (Å²) in [6.45, 7) is 10.3. The van der Waals surface area contributed by atoms with Crippen LogP contribution < -0.4 is 0 Å². The van der Waals surface area contributed by atoms with Gasteiger partial charge < -0.3 is 9.80 Å². The van der Waals surface area contributed by atoms with E-state index in [1.807, 2.05) is 33.2 Å². The quantitative estimate of drug-likeness (QED) is 0.847. The maximum atomic E-state index is 12.0. The minimum absolute atomic E-state index is 0.137. The average molecular weight is 342 g/mol. The molecule has 1 amide bonds. The summed E-state index contributed by atoms with van der Waals surface area (Å²) in [4.78, 5) is 25.5. The van der Waals surface area contributed by atoms with E-state index >= 15 is 0 Å². The van der Waals surface area contributed by atoms with Crippen LogP contribution in [0.1, 0.15) is 56.8 Å². The van der Waals surface area contributed by atoms with E-state index in [1.165, 1.54) is 44.3 Å². The number of hydrogen-bond acceptors (Lipinski definition) is 4. The number of rotatable bonds is 3. The van der Waals surface area contributed by atoms with Gasteiger partial charge in [-0.05, 0) is 57.2 Å². The van der Waals surface area contributed by atoms with Crippen LogP contribution in [0.4, 0.5) is 0 Å². The standard InChI is InChI=1S/C20H30N4O/c1-14(2)19(25)24-12-20(13-24)8-18(9-20)23-6-4-16(5-7-23)17-10-21-15(3)22-11-17/h10-11,14,16,18H,4-9,12-13H2,1-3H3. The number of nitrogens with zero attached hydrogens (tertiary/aromatic N) is 4. The number of aromatic nitrogens is 2. The summed E-state index contributed by atoms with van der Waals surface area (Å²) < 4.78 is 0. The molecule has 136 valence electrons. The lowest BCUT2D eigenvalue weighted by Gasteiger charge is -2.61. The highest BCUT2D eigenvalue weighted by Gasteiger charge is 2.55. The SMILES string of the molecule is Cc1ncc(C2CCN(C3CC4(C3)CN(C(=O)C(C)C)C4)CC2)cn1. The second-order valence-electron chi connectivity index (χ2n) is 8.78. The second-order valence-corrected chi connectivity index (χ2v) is 8.78. The average Bonchev–Trinajstić information content (AvgIpc) is 2.53. The van der Waals surface area contributed by atoms with Crippen molar-refractivity contribution in [1.82, 2.24) is 19.8 Å². The first-order valence-corrected chi connectivity index (χ1v) is 9.77. The predicted molar refractivity (Wildman–Crippen MR) is 97.2 cm³/mol. The summed E-state index contributed by atoms with van der Waals surface area (Å²) in [6.07, 6.45) is 9.02. The Morgan fingerprint density at radius 2 is 1.76 bits per heavy atom. The van der Waals surface area contributed by atoms with Crippen molar-refractivity contribution in [3.05, 3.63) is 23.8 Å². The Hall–Kier alpha value is -1.49. The van der Waals surface area contributed by atoms with E-state index in [1.54, 1.807) is 0 Å². The number of hydrogen-bond donors (Lipinski definition) is 0. The fourth-order valence-electron chi connectivity index (χ4n) is 4.95. The molecule has 2 saturated heterocycles. The molecule has 3 fully saturated rings. The lowest BCUT2D eigenvalue weighted by Crippen LogP contribution is -2.68. The van der Waals surface area contributed by atoms with E-state index in [9.17, 15) is 4.79 Å². The zero-order valence-electron chi connectivity index (χ0n) is 15.7. The van der Waals surface area contributed by atoms with E-state index in [0.717, 1.165) is 25.0 Å². The third kappa shape index (κ3) is 3.19. The molecule has 0 N–H and O–H groups in total. The number of amides is 1. The zero-order valence-corrected chi connectivity index (χ0v) is 15.7. The third-order valence-corrected chi connectivity index (χ3v) is 6.51. The largest absolute Gasteiger partial charge is 0.341 e. The first kappa shape index (κ1) is 17.0. The zero-order chi connectivity index (χ0) is 17.6. The van der Waals surface area contributed by atoms with Crippen molar-refractivity contribution in [2.45, 2.75) is 58.4 Å². The normalized spacial score (nSPS) is 24.4. The van der Waals surface area contributed by atoms with E-state index in [2.05, 4.69) is 19.8 Å². The highest BCUT2D eigenvalue weighted by atomic mass is 16.2. The third-order valence-electron chi connectivity index (χ3n) is 6.51. The molecule has 1 aromatic heterocycles. The molecular weight excluding hydrogens is 312 g/mol. The van der Waals surface area contributed by atoms with Crippen molar-refractivity contribution in [1.29, 1.82) is 0 Å². The molecule has 0 atom stereocenters. The van der Waals surface area contributed by atoms with Crippen LogP contribution in [0.25, 0.3) is 0 Å². The van der Waals surface area contributed by atoms with Crippen LogP contribution in [-0.4, -0.2) is 57.9 Å². The van der Waals surface area contributed by atoms with Gasteiger partial charge in [-0.1, -0.05) is 13.8 Å². The molecular formula is C20H30N4O. The first-order valence-electron chi connectivity index (χ1n) is 9.77. The predicted octanol–water partition coefficient (Wildman–Crippen LogP) is 2.61. The minimum atomic E-state index is 0.137. The van der Waals surface area contributed by atoms with Crippen LogP contribution in [0.15, 0.2) is 12.4 Å². The van der Waals surface area contributed by atoms with Gasteiger partial charge in [0, 0.05) is 42.9 Å². The van der Waals surface area contributed by atoms with Crippen LogP contribution in [0, 0.1) is 18.3 Å². The van der Waals surface area contributed by atoms with E-state index in [4.69, 9.17) is 0 Å². The van der Waals surface area contributed by atoms with Gasteiger partial charge in [0.15, 0.2) is 0 Å². The molecule has 3 heterocycles. The molecule has 2 aliphatic heterocycles. The Kier molecular flexibility index (Phi) is 4.30. The summed E-state index contributed by atoms with van der Waals surface area (Å²) >= 11 is 0. The maximum Gasteiger partial charge on any atom is 0.225 e. The first-order chi connectivity index (χ1) is 12.0. The lowest BCUT2D eigenvalue weighted by atomic mass is 9.60. The van der Waals surface area contributed by atoms with Gasteiger partial charge in [-0.2, -0.15) is 0 Å². The van der Waals surface area contributed by atoms with Crippen molar-refractivity contribution in [3.63, 3.8) is 0 Å². The van der Waals surface area contributed by atoms with Gasteiger partial charge in [0.2, 0.25) is 5.91 Å². The van der Waals surface area contributed by atoms with Crippen LogP contribution in [0.2, 0.25) is 0 Å². The van der Waals surface area contributed by atoms with Crippen LogP contribution in [0.5, 0.6) is 0 Å². The lowest BCUT2D eigenvalue weighted by molar-refractivity contribution is -0.161. The van der Waals surface area contributed by atoms with Crippen LogP contribution in [0.3, 0.4) is 0 Å². The molecule has 0 bridgehead atoms. The van der Waals surface area contributed by atoms with Crippen molar-refractivity contribution >= 4 is 5.91 Å². The molecule has 25 heavy (non-hydrogen) atoms. The van der Waals surface area contributed by atoms with Crippen molar-refractivity contribution in [2.75, 3.05) is 26.2 Å². The van der Waals surface area contributed by atoms with Crippen molar-refractivity contribution in [2.24, 2.45) is 11.3 Å².